The number of hydrogen-bond acceptors (Lipinski definition) is 4. The molecule has 0 amide bonds. The van der Waals surface area contributed by atoms with E-state index < -0.39 is 52.2 Å². The number of ketones is 1. The quantitative estimate of drug-likeness (QED) is 0.176. The van der Waals surface area contributed by atoms with Crippen LogP contribution in [0, 0.1) is 29.1 Å². The Kier molecular flexibility index (Phi) is 4.43. The Morgan fingerprint density at radius 2 is 1.35 bits per heavy atom. The zero-order chi connectivity index (χ0) is 15.6. The molecule has 1 N–H and O–H groups in total. The minimum absolute atomic E-state index is 0.0237. The molecule has 0 unspecified atom stereocenters. The number of aliphatic hydroxyl groups excluding tert-OH is 1. The van der Waals surface area contributed by atoms with E-state index in [1.165, 1.54) is 0 Å². The molecule has 20 heavy (non-hydrogen) atoms. The van der Waals surface area contributed by atoms with Crippen molar-refractivity contribution in [2.75, 3.05) is 7.11 Å². The molecule has 0 bridgehead atoms. The van der Waals surface area contributed by atoms with Crippen molar-refractivity contribution in [1.82, 2.24) is 0 Å². The van der Waals surface area contributed by atoms with Gasteiger partial charge in [0.15, 0.2) is 23.3 Å². The van der Waals surface area contributed by atoms with Gasteiger partial charge in [0.1, 0.15) is 5.76 Å². The molecule has 1 aromatic rings. The van der Waals surface area contributed by atoms with E-state index in [9.17, 15) is 36.6 Å². The third-order valence-corrected chi connectivity index (χ3v) is 2.12. The van der Waals surface area contributed by atoms with Crippen LogP contribution in [0.4, 0.5) is 22.0 Å². The average Bonchev–Trinajstić information content (AvgIpc) is 2.42. The fraction of sp³-hybridized carbons (Fsp3) is 0.0909. The number of ether oxygens (including phenoxy) is 1. The van der Waals surface area contributed by atoms with Crippen LogP contribution in [0.15, 0.2) is 6.08 Å². The lowest BCUT2D eigenvalue weighted by molar-refractivity contribution is -0.149. The summed E-state index contributed by atoms with van der Waals surface area (Å²) in [5, 5.41) is 9.23. The van der Waals surface area contributed by atoms with Gasteiger partial charge in [-0.1, -0.05) is 0 Å². The molecule has 0 heterocycles. The van der Waals surface area contributed by atoms with Gasteiger partial charge in [-0.15, -0.1) is 0 Å². The van der Waals surface area contributed by atoms with Crippen LogP contribution in [-0.2, 0) is 14.3 Å². The summed E-state index contributed by atoms with van der Waals surface area (Å²) in [6, 6.07) is 0. The molecule has 0 aliphatic carbocycles. The minimum atomic E-state index is -2.42. The molecule has 0 atom stereocenters. The third-order valence-electron chi connectivity index (χ3n) is 2.12. The predicted molar refractivity (Wildman–Crippen MR) is 53.9 cm³/mol. The van der Waals surface area contributed by atoms with E-state index >= 15 is 0 Å². The summed E-state index contributed by atoms with van der Waals surface area (Å²) in [5.74, 6) is -16.4. The normalized spacial score (nSPS) is 11.4. The van der Waals surface area contributed by atoms with Crippen LogP contribution in [0.2, 0.25) is 0 Å². The highest BCUT2D eigenvalue weighted by molar-refractivity contribution is 6.39. The molecule has 0 aliphatic rings. The summed E-state index contributed by atoms with van der Waals surface area (Å²) in [5.41, 5.74) is -1.72. The highest BCUT2D eigenvalue weighted by atomic mass is 19.2. The molecule has 0 saturated heterocycles. The summed E-state index contributed by atoms with van der Waals surface area (Å²) in [7, 11) is 0.809. The number of aliphatic hydroxyl groups is 1. The van der Waals surface area contributed by atoms with Gasteiger partial charge >= 0.3 is 5.97 Å². The number of halogens is 5. The zero-order valence-electron chi connectivity index (χ0n) is 9.64. The smallest absolute Gasteiger partial charge is 0.378 e. The van der Waals surface area contributed by atoms with E-state index in [0.29, 0.717) is 0 Å². The summed E-state index contributed by atoms with van der Waals surface area (Å²) >= 11 is 0. The van der Waals surface area contributed by atoms with Gasteiger partial charge in [-0.05, 0) is 0 Å². The minimum Gasteiger partial charge on any atom is -0.507 e. The van der Waals surface area contributed by atoms with Crippen molar-refractivity contribution in [2.45, 2.75) is 0 Å². The largest absolute Gasteiger partial charge is 0.507 e. The second-order valence-electron chi connectivity index (χ2n) is 3.33. The van der Waals surface area contributed by atoms with Crippen LogP contribution in [-0.4, -0.2) is 24.0 Å². The van der Waals surface area contributed by atoms with Crippen LogP contribution in [0.3, 0.4) is 0 Å². The monoisotopic (exact) mass is 296 g/mol. The topological polar surface area (TPSA) is 63.6 Å². The Balaban J connectivity index is 3.45. The van der Waals surface area contributed by atoms with Crippen LogP contribution in [0.25, 0.3) is 5.76 Å². The summed E-state index contributed by atoms with van der Waals surface area (Å²) < 4.78 is 68.8. The lowest BCUT2D eigenvalue weighted by Gasteiger charge is -2.07. The summed E-state index contributed by atoms with van der Waals surface area (Å²) in [6.45, 7) is 0. The van der Waals surface area contributed by atoms with Crippen LogP contribution >= 0.6 is 0 Å². The van der Waals surface area contributed by atoms with Crippen molar-refractivity contribution in [3.8, 4) is 0 Å². The third kappa shape index (κ3) is 2.60. The Morgan fingerprint density at radius 3 is 1.75 bits per heavy atom. The zero-order valence-corrected chi connectivity index (χ0v) is 9.64. The Labute approximate surface area is 108 Å². The fourth-order valence-electron chi connectivity index (χ4n) is 1.19. The number of carbonyl (C=O) groups is 2. The van der Waals surface area contributed by atoms with Gasteiger partial charge in [-0.3, -0.25) is 4.79 Å². The molecule has 0 fully saturated rings. The number of benzene rings is 1. The van der Waals surface area contributed by atoms with Gasteiger partial charge in [0.2, 0.25) is 5.82 Å². The van der Waals surface area contributed by atoms with Crippen molar-refractivity contribution in [3.05, 3.63) is 40.7 Å². The first kappa shape index (κ1) is 15.6. The second-order valence-corrected chi connectivity index (χ2v) is 3.33. The van der Waals surface area contributed by atoms with Crippen LogP contribution < -0.4 is 0 Å². The van der Waals surface area contributed by atoms with Crippen LogP contribution in [0.1, 0.15) is 5.56 Å². The number of hydrogen-bond donors (Lipinski definition) is 1. The molecule has 9 heteroatoms. The summed E-state index contributed by atoms with van der Waals surface area (Å²) in [4.78, 5) is 21.7. The molecule has 0 aliphatic heterocycles. The van der Waals surface area contributed by atoms with E-state index in [1.807, 2.05) is 0 Å². The highest BCUT2D eigenvalue weighted by Crippen LogP contribution is 2.27. The number of esters is 1. The molecule has 108 valence electrons. The molecule has 1 rings (SSSR count). The van der Waals surface area contributed by atoms with Gasteiger partial charge < -0.3 is 9.84 Å². The molecule has 0 spiro atoms. The Hall–Kier alpha value is -2.45. The van der Waals surface area contributed by atoms with E-state index in [0.717, 1.165) is 7.11 Å². The van der Waals surface area contributed by atoms with E-state index in [-0.39, 0.29) is 6.08 Å². The summed E-state index contributed by atoms with van der Waals surface area (Å²) in [6.07, 6.45) is -0.0237. The molecule has 4 nitrogen and oxygen atoms in total. The number of carbonyl (C=O) groups excluding carboxylic acids is 2. The van der Waals surface area contributed by atoms with Gasteiger partial charge in [0.05, 0.1) is 12.7 Å². The fourth-order valence-corrected chi connectivity index (χ4v) is 1.19. The van der Waals surface area contributed by atoms with E-state index in [2.05, 4.69) is 4.74 Å². The van der Waals surface area contributed by atoms with Crippen molar-refractivity contribution in [2.24, 2.45) is 0 Å². The maximum absolute atomic E-state index is 13.2. The van der Waals surface area contributed by atoms with Crippen molar-refractivity contribution >= 4 is 17.5 Å². The number of methoxy groups -OCH3 is 1. The van der Waals surface area contributed by atoms with Gasteiger partial charge in [-0.25, -0.2) is 26.7 Å². The molecule has 0 radical (unpaired) electrons. The van der Waals surface area contributed by atoms with Crippen molar-refractivity contribution < 1.29 is 41.4 Å². The molecule has 0 saturated carbocycles. The Morgan fingerprint density at radius 1 is 0.950 bits per heavy atom. The maximum Gasteiger partial charge on any atom is 0.378 e. The molecular formula is C11H5F5O4. The first-order valence-corrected chi connectivity index (χ1v) is 4.77. The van der Waals surface area contributed by atoms with E-state index in [4.69, 9.17) is 0 Å². The maximum atomic E-state index is 13.2. The molecule has 1 aromatic carbocycles. The second kappa shape index (κ2) is 5.68. The lowest BCUT2D eigenvalue weighted by Crippen LogP contribution is -2.14. The predicted octanol–water partition coefficient (Wildman–Crippen LogP) is 2.02. The number of rotatable bonds is 3. The molecule has 0 aromatic heterocycles. The first-order chi connectivity index (χ1) is 9.22. The van der Waals surface area contributed by atoms with Crippen molar-refractivity contribution in [1.29, 1.82) is 0 Å². The van der Waals surface area contributed by atoms with Gasteiger partial charge in [0.25, 0.3) is 5.78 Å². The van der Waals surface area contributed by atoms with Crippen LogP contribution in [0.5, 0.6) is 0 Å². The lowest BCUT2D eigenvalue weighted by atomic mass is 10.1. The molecular weight excluding hydrogens is 291 g/mol. The van der Waals surface area contributed by atoms with Gasteiger partial charge in [0, 0.05) is 6.08 Å². The van der Waals surface area contributed by atoms with E-state index in [1.54, 1.807) is 0 Å². The Bertz CT molecular complexity index is 595. The first-order valence-electron chi connectivity index (χ1n) is 4.77. The standard InChI is InChI=1S/C11H5F5O4/c1-20-11(19)4(18)2-3(17)5-6(12)8(14)10(16)9(15)7(5)13/h2,17H,1H3/b3-2-. The van der Waals surface area contributed by atoms with Crippen molar-refractivity contribution in [3.63, 3.8) is 0 Å². The van der Waals surface area contributed by atoms with Gasteiger partial charge in [-0.2, -0.15) is 0 Å². The highest BCUT2D eigenvalue weighted by Gasteiger charge is 2.28. The SMILES string of the molecule is COC(=O)C(=O)/C=C(\O)c1c(F)c(F)c(F)c(F)c1F. The average molecular weight is 296 g/mol.